The van der Waals surface area contributed by atoms with Gasteiger partial charge in [0.15, 0.2) is 0 Å². The van der Waals surface area contributed by atoms with Crippen molar-refractivity contribution in [1.82, 2.24) is 10.2 Å². The van der Waals surface area contributed by atoms with Crippen molar-refractivity contribution in [2.45, 2.75) is 31.5 Å². The summed E-state index contributed by atoms with van der Waals surface area (Å²) in [7, 11) is 1.46. The first kappa shape index (κ1) is 17.6. The average molecular weight is 349 g/mol. The summed E-state index contributed by atoms with van der Waals surface area (Å²) in [5, 5.41) is 2.41. The van der Waals surface area contributed by atoms with Gasteiger partial charge in [0.1, 0.15) is 6.04 Å². The first-order valence-corrected chi connectivity index (χ1v) is 7.53. The molecule has 1 aliphatic rings. The van der Waals surface area contributed by atoms with Crippen molar-refractivity contribution in [3.63, 3.8) is 0 Å². The summed E-state index contributed by atoms with van der Waals surface area (Å²) in [6.45, 7) is 0.309. The summed E-state index contributed by atoms with van der Waals surface area (Å²) in [6.07, 6.45) is -2.63. The number of carbonyl (C=O) groups excluding carboxylic acids is 2. The number of nitrogens with zero attached hydrogens (tertiary/aromatic N) is 1. The molecule has 4 nitrogen and oxygen atoms in total. The van der Waals surface area contributed by atoms with Crippen molar-refractivity contribution < 1.29 is 22.8 Å². The van der Waals surface area contributed by atoms with Crippen molar-refractivity contribution in [3.05, 3.63) is 34.3 Å². The lowest BCUT2D eigenvalue weighted by Crippen LogP contribution is -2.51. The second-order valence-corrected chi connectivity index (χ2v) is 5.72. The van der Waals surface area contributed by atoms with E-state index in [-0.39, 0.29) is 16.5 Å². The van der Waals surface area contributed by atoms with Gasteiger partial charge in [0.2, 0.25) is 5.91 Å². The van der Waals surface area contributed by atoms with E-state index in [0.717, 1.165) is 24.6 Å². The zero-order chi connectivity index (χ0) is 17.2. The molecule has 1 fully saturated rings. The van der Waals surface area contributed by atoms with E-state index in [1.807, 2.05) is 0 Å². The van der Waals surface area contributed by atoms with Gasteiger partial charge in [-0.15, -0.1) is 0 Å². The molecule has 0 unspecified atom stereocenters. The molecule has 8 heteroatoms. The third kappa shape index (κ3) is 3.77. The average Bonchev–Trinajstić information content (AvgIpc) is 2.52. The van der Waals surface area contributed by atoms with Crippen molar-refractivity contribution >= 4 is 23.4 Å². The number of rotatable bonds is 2. The zero-order valence-electron chi connectivity index (χ0n) is 12.4. The van der Waals surface area contributed by atoms with Crippen LogP contribution in [0.4, 0.5) is 13.2 Å². The quantitative estimate of drug-likeness (QED) is 0.892. The fourth-order valence-corrected chi connectivity index (χ4v) is 2.83. The number of benzene rings is 1. The minimum Gasteiger partial charge on any atom is -0.357 e. The monoisotopic (exact) mass is 348 g/mol. The molecule has 0 aliphatic carbocycles. The van der Waals surface area contributed by atoms with Crippen LogP contribution in [-0.2, 0) is 11.0 Å². The third-order valence-electron chi connectivity index (χ3n) is 3.84. The predicted octanol–water partition coefficient (Wildman–Crippen LogP) is 3.10. The Labute approximate surface area is 136 Å². The van der Waals surface area contributed by atoms with Crippen LogP contribution >= 0.6 is 11.6 Å². The number of likely N-dealkylation sites (N-methyl/N-ethyl adjacent to an activating group) is 1. The van der Waals surface area contributed by atoms with E-state index in [4.69, 9.17) is 11.6 Å². The van der Waals surface area contributed by atoms with E-state index in [1.165, 1.54) is 11.9 Å². The molecule has 2 rings (SSSR count). The highest BCUT2D eigenvalue weighted by atomic mass is 35.5. The Balaban J connectivity index is 2.36. The molecule has 0 radical (unpaired) electrons. The Morgan fingerprint density at radius 3 is 2.61 bits per heavy atom. The Hall–Kier alpha value is -1.76. The van der Waals surface area contributed by atoms with Gasteiger partial charge in [-0.05, 0) is 37.5 Å². The number of hydrogen-bond donors (Lipinski definition) is 1. The molecule has 1 saturated heterocycles. The summed E-state index contributed by atoms with van der Waals surface area (Å²) in [6, 6.07) is 1.93. The van der Waals surface area contributed by atoms with Crippen molar-refractivity contribution in [2.24, 2.45) is 0 Å². The summed E-state index contributed by atoms with van der Waals surface area (Å²) in [5.41, 5.74) is -1.18. The minimum absolute atomic E-state index is 0.0655. The van der Waals surface area contributed by atoms with E-state index in [2.05, 4.69) is 5.32 Å². The first-order chi connectivity index (χ1) is 10.8. The second kappa shape index (κ2) is 6.78. The molecular weight excluding hydrogens is 333 g/mol. The predicted molar refractivity (Wildman–Crippen MR) is 79.2 cm³/mol. The van der Waals surface area contributed by atoms with Crippen LogP contribution in [0.15, 0.2) is 18.2 Å². The van der Waals surface area contributed by atoms with Gasteiger partial charge in [-0.25, -0.2) is 0 Å². The molecule has 0 saturated carbocycles. The lowest BCUT2D eigenvalue weighted by molar-refractivity contribution is -0.137. The maximum atomic E-state index is 12.8. The molecule has 1 aromatic rings. The molecule has 0 bridgehead atoms. The van der Waals surface area contributed by atoms with Gasteiger partial charge in [0.25, 0.3) is 5.91 Å². The Morgan fingerprint density at radius 2 is 2.00 bits per heavy atom. The number of hydrogen-bond acceptors (Lipinski definition) is 2. The number of nitrogens with one attached hydrogen (secondary N) is 1. The molecule has 1 N–H and O–H groups in total. The van der Waals surface area contributed by atoms with Crippen LogP contribution in [0.3, 0.4) is 0 Å². The smallest absolute Gasteiger partial charge is 0.357 e. The van der Waals surface area contributed by atoms with Crippen LogP contribution in [0.2, 0.25) is 5.02 Å². The van der Waals surface area contributed by atoms with Gasteiger partial charge in [0, 0.05) is 13.6 Å². The minimum atomic E-state index is -4.57. The van der Waals surface area contributed by atoms with Gasteiger partial charge in [-0.2, -0.15) is 13.2 Å². The van der Waals surface area contributed by atoms with Crippen molar-refractivity contribution in [3.8, 4) is 0 Å². The summed E-state index contributed by atoms with van der Waals surface area (Å²) in [5.74, 6) is -0.990. The Kier molecular flexibility index (Phi) is 5.19. The van der Waals surface area contributed by atoms with Crippen LogP contribution in [0, 0.1) is 0 Å². The largest absolute Gasteiger partial charge is 0.416 e. The number of alkyl halides is 3. The molecule has 126 valence electrons. The highest BCUT2D eigenvalue weighted by Gasteiger charge is 2.35. The topological polar surface area (TPSA) is 49.4 Å². The SMILES string of the molecule is CNC(=O)[C@@H]1CCCCN1C(=O)c1cc(C(F)(F)F)ccc1Cl. The van der Waals surface area contributed by atoms with E-state index in [9.17, 15) is 22.8 Å². The molecule has 1 heterocycles. The number of carbonyl (C=O) groups is 2. The number of amides is 2. The fourth-order valence-electron chi connectivity index (χ4n) is 2.63. The van der Waals surface area contributed by atoms with E-state index >= 15 is 0 Å². The van der Waals surface area contributed by atoms with Crippen LogP contribution in [0.25, 0.3) is 0 Å². The van der Waals surface area contributed by atoms with Gasteiger partial charge < -0.3 is 10.2 Å². The lowest BCUT2D eigenvalue weighted by atomic mass is 9.99. The number of piperidine rings is 1. The maximum absolute atomic E-state index is 12.8. The Morgan fingerprint density at radius 1 is 1.30 bits per heavy atom. The van der Waals surface area contributed by atoms with Crippen molar-refractivity contribution in [1.29, 1.82) is 0 Å². The van der Waals surface area contributed by atoms with Crippen molar-refractivity contribution in [2.75, 3.05) is 13.6 Å². The van der Waals surface area contributed by atoms with Gasteiger partial charge in [0.05, 0.1) is 16.1 Å². The summed E-state index contributed by atoms with van der Waals surface area (Å²) in [4.78, 5) is 25.8. The number of halogens is 4. The first-order valence-electron chi connectivity index (χ1n) is 7.15. The second-order valence-electron chi connectivity index (χ2n) is 5.32. The van der Waals surface area contributed by atoms with Gasteiger partial charge >= 0.3 is 6.18 Å². The normalized spacial score (nSPS) is 18.7. The van der Waals surface area contributed by atoms with Crippen LogP contribution in [-0.4, -0.2) is 36.3 Å². The molecule has 23 heavy (non-hydrogen) atoms. The van der Waals surface area contributed by atoms with Crippen LogP contribution < -0.4 is 5.32 Å². The fraction of sp³-hybridized carbons (Fsp3) is 0.467. The maximum Gasteiger partial charge on any atom is 0.416 e. The molecule has 0 spiro atoms. The van der Waals surface area contributed by atoms with Crippen LogP contribution in [0.1, 0.15) is 35.2 Å². The molecule has 2 amide bonds. The highest BCUT2D eigenvalue weighted by Crippen LogP contribution is 2.33. The lowest BCUT2D eigenvalue weighted by Gasteiger charge is -2.34. The summed E-state index contributed by atoms with van der Waals surface area (Å²) >= 11 is 5.91. The van der Waals surface area contributed by atoms with E-state index < -0.39 is 23.7 Å². The standard InChI is InChI=1S/C15H16ClF3N2O2/c1-20-13(22)12-4-2-3-7-21(12)14(23)10-8-9(15(17,18)19)5-6-11(10)16/h5-6,8,12H,2-4,7H2,1H3,(H,20,22)/t12-/m0/s1. The Bertz CT molecular complexity index is 619. The molecule has 1 atom stereocenters. The molecule has 0 aromatic heterocycles. The molecule has 1 aliphatic heterocycles. The van der Waals surface area contributed by atoms with Crippen LogP contribution in [0.5, 0.6) is 0 Å². The van der Waals surface area contributed by atoms with E-state index in [1.54, 1.807) is 0 Å². The number of likely N-dealkylation sites (tertiary alicyclic amines) is 1. The molecular formula is C15H16ClF3N2O2. The third-order valence-corrected chi connectivity index (χ3v) is 4.17. The van der Waals surface area contributed by atoms with Gasteiger partial charge in [-0.1, -0.05) is 11.6 Å². The summed E-state index contributed by atoms with van der Waals surface area (Å²) < 4.78 is 38.5. The molecule has 1 aromatic carbocycles. The van der Waals surface area contributed by atoms with Gasteiger partial charge in [-0.3, -0.25) is 9.59 Å². The zero-order valence-corrected chi connectivity index (χ0v) is 13.2. The highest BCUT2D eigenvalue weighted by molar-refractivity contribution is 6.33. The van der Waals surface area contributed by atoms with E-state index in [0.29, 0.717) is 19.4 Å².